The first-order chi connectivity index (χ1) is 21.2. The molecule has 0 aliphatic rings. The van der Waals surface area contributed by atoms with Crippen LogP contribution in [0.25, 0.3) is 28.3 Å². The van der Waals surface area contributed by atoms with Gasteiger partial charge in [0.1, 0.15) is 16.2 Å². The Morgan fingerprint density at radius 2 is 1.52 bits per heavy atom. The lowest BCUT2D eigenvalue weighted by Gasteiger charge is -2.19. The molecular formula is C33H25N5O5S. The van der Waals surface area contributed by atoms with E-state index in [0.717, 1.165) is 5.56 Å². The number of non-ortho nitro benzene ring substituents is 1. The predicted octanol–water partition coefficient (Wildman–Crippen LogP) is 6.59. The van der Waals surface area contributed by atoms with Crippen molar-refractivity contribution < 1.29 is 18.1 Å². The number of sulfone groups is 1. The van der Waals surface area contributed by atoms with E-state index in [0.29, 0.717) is 16.6 Å². The van der Waals surface area contributed by atoms with Gasteiger partial charge in [-0.05, 0) is 48.4 Å². The molecule has 0 fully saturated rings. The second-order valence-corrected chi connectivity index (χ2v) is 11.9. The van der Waals surface area contributed by atoms with Crippen molar-refractivity contribution in [2.24, 2.45) is 0 Å². The molecule has 6 aromatic rings. The van der Waals surface area contributed by atoms with E-state index >= 15 is 0 Å². The fourth-order valence-corrected chi connectivity index (χ4v) is 6.60. The van der Waals surface area contributed by atoms with Gasteiger partial charge in [0.2, 0.25) is 15.7 Å². The Kier molecular flexibility index (Phi) is 7.46. The van der Waals surface area contributed by atoms with Crippen molar-refractivity contribution in [2.75, 3.05) is 5.32 Å². The molecule has 2 aromatic heterocycles. The number of anilines is 1. The van der Waals surface area contributed by atoms with Gasteiger partial charge in [-0.15, -0.1) is 0 Å². The van der Waals surface area contributed by atoms with Crippen LogP contribution in [0.2, 0.25) is 0 Å². The molecule has 0 saturated carbocycles. The number of nitro groups is 1. The van der Waals surface area contributed by atoms with Crippen LogP contribution in [-0.4, -0.2) is 33.8 Å². The van der Waals surface area contributed by atoms with Crippen molar-refractivity contribution in [3.63, 3.8) is 0 Å². The molecule has 218 valence electrons. The van der Waals surface area contributed by atoms with Crippen LogP contribution in [0.3, 0.4) is 0 Å². The number of rotatable bonds is 8. The Morgan fingerprint density at radius 1 is 0.886 bits per heavy atom. The summed E-state index contributed by atoms with van der Waals surface area (Å²) in [6, 6.07) is 29.9. The van der Waals surface area contributed by atoms with E-state index in [9.17, 15) is 23.3 Å². The molecule has 0 bridgehead atoms. The van der Waals surface area contributed by atoms with E-state index in [2.05, 4.69) is 5.32 Å². The van der Waals surface area contributed by atoms with Crippen LogP contribution < -0.4 is 5.32 Å². The summed E-state index contributed by atoms with van der Waals surface area (Å²) in [6.07, 6.45) is 2.62. The monoisotopic (exact) mass is 603 g/mol. The maximum absolute atomic E-state index is 14.3. The smallest absolute Gasteiger partial charge is 0.270 e. The molecule has 0 aliphatic carbocycles. The number of nitrogens with zero attached hydrogens (tertiary/aromatic N) is 4. The van der Waals surface area contributed by atoms with Gasteiger partial charge in [-0.3, -0.25) is 14.9 Å². The van der Waals surface area contributed by atoms with E-state index in [4.69, 9.17) is 9.97 Å². The maximum atomic E-state index is 14.3. The Balaban J connectivity index is 1.59. The van der Waals surface area contributed by atoms with E-state index in [1.165, 1.54) is 42.5 Å². The standard InChI is InChI=1S/C33H25N5O5S/c1-22(24-12-4-2-5-13-24)37-32-30(34-27-17-8-9-18-28(27)35-32)31(44(42,43)26-15-6-3-7-16-26)33(37)36-29(39)20-19-23-11-10-14-25(21-23)38(40)41/h2-22H,1H3,(H,36,39)/b20-19-/t22-/m1/s1. The van der Waals surface area contributed by atoms with Gasteiger partial charge in [-0.25, -0.2) is 18.4 Å². The van der Waals surface area contributed by atoms with Crippen LogP contribution in [0.1, 0.15) is 24.1 Å². The van der Waals surface area contributed by atoms with Crippen LogP contribution in [0, 0.1) is 10.1 Å². The van der Waals surface area contributed by atoms with Crippen molar-refractivity contribution in [3.05, 3.63) is 137 Å². The molecule has 2 heterocycles. The highest BCUT2D eigenvalue weighted by Crippen LogP contribution is 2.40. The van der Waals surface area contributed by atoms with Gasteiger partial charge in [0.15, 0.2) is 5.65 Å². The summed E-state index contributed by atoms with van der Waals surface area (Å²) in [5.41, 5.74) is 2.62. The number of hydrogen-bond donors (Lipinski definition) is 1. The third kappa shape index (κ3) is 5.32. The molecule has 1 N–H and O–H groups in total. The van der Waals surface area contributed by atoms with E-state index in [1.54, 1.807) is 47.0 Å². The third-order valence-electron chi connectivity index (χ3n) is 7.19. The van der Waals surface area contributed by atoms with Crippen LogP contribution in [0.15, 0.2) is 125 Å². The van der Waals surface area contributed by atoms with Crippen LogP contribution in [-0.2, 0) is 14.6 Å². The summed E-state index contributed by atoms with van der Waals surface area (Å²) in [5, 5.41) is 14.0. The average Bonchev–Trinajstić information content (AvgIpc) is 3.36. The summed E-state index contributed by atoms with van der Waals surface area (Å²) in [7, 11) is -4.22. The van der Waals surface area contributed by atoms with Gasteiger partial charge < -0.3 is 9.88 Å². The molecule has 0 saturated heterocycles. The Morgan fingerprint density at radius 3 is 2.20 bits per heavy atom. The summed E-state index contributed by atoms with van der Waals surface area (Å²) in [5.74, 6) is -0.640. The molecular weight excluding hydrogens is 578 g/mol. The zero-order valence-corrected chi connectivity index (χ0v) is 24.2. The number of carbonyl (C=O) groups is 1. The predicted molar refractivity (Wildman–Crippen MR) is 168 cm³/mol. The number of para-hydroxylation sites is 2. The molecule has 0 unspecified atom stereocenters. The first-order valence-electron chi connectivity index (χ1n) is 13.6. The van der Waals surface area contributed by atoms with Crippen LogP contribution >= 0.6 is 0 Å². The number of aromatic nitrogens is 3. The second kappa shape index (κ2) is 11.5. The van der Waals surface area contributed by atoms with Gasteiger partial charge in [-0.1, -0.05) is 72.8 Å². The largest absolute Gasteiger partial charge is 0.307 e. The van der Waals surface area contributed by atoms with Gasteiger partial charge in [0.05, 0.1) is 26.9 Å². The number of carbonyl (C=O) groups excluding carboxylic acids is 1. The first-order valence-corrected chi connectivity index (χ1v) is 15.1. The van der Waals surface area contributed by atoms with Crippen molar-refractivity contribution in [3.8, 4) is 0 Å². The van der Waals surface area contributed by atoms with Crippen LogP contribution in [0.5, 0.6) is 0 Å². The minimum absolute atomic E-state index is 0.00389. The highest BCUT2D eigenvalue weighted by Gasteiger charge is 2.33. The highest BCUT2D eigenvalue weighted by atomic mass is 32.2. The number of hydrogen-bond acceptors (Lipinski definition) is 7. The number of benzene rings is 4. The molecule has 1 amide bonds. The molecule has 4 aromatic carbocycles. The van der Waals surface area contributed by atoms with Crippen molar-refractivity contribution in [2.45, 2.75) is 22.8 Å². The lowest BCUT2D eigenvalue weighted by Crippen LogP contribution is -2.18. The highest BCUT2D eigenvalue weighted by molar-refractivity contribution is 7.92. The average molecular weight is 604 g/mol. The molecule has 44 heavy (non-hydrogen) atoms. The molecule has 6 rings (SSSR count). The summed E-state index contributed by atoms with van der Waals surface area (Å²) in [6.45, 7) is 1.89. The fraction of sp³-hybridized carbons (Fsp3) is 0.0606. The molecule has 0 spiro atoms. The molecule has 0 aliphatic heterocycles. The van der Waals surface area contributed by atoms with Crippen molar-refractivity contribution >= 4 is 55.5 Å². The van der Waals surface area contributed by atoms with E-state index in [-0.39, 0.29) is 32.5 Å². The number of nitro benzene ring substituents is 1. The topological polar surface area (TPSA) is 137 Å². The zero-order chi connectivity index (χ0) is 30.8. The Hall–Kier alpha value is -5.68. The summed E-state index contributed by atoms with van der Waals surface area (Å²) < 4.78 is 30.3. The van der Waals surface area contributed by atoms with Gasteiger partial charge in [0, 0.05) is 18.2 Å². The van der Waals surface area contributed by atoms with Crippen molar-refractivity contribution in [1.29, 1.82) is 0 Å². The van der Waals surface area contributed by atoms with Crippen molar-refractivity contribution in [1.82, 2.24) is 14.5 Å². The molecule has 1 atom stereocenters. The zero-order valence-electron chi connectivity index (χ0n) is 23.4. The van der Waals surface area contributed by atoms with Gasteiger partial charge in [0.25, 0.3) is 5.69 Å². The second-order valence-electron chi connectivity index (χ2n) is 10.0. The minimum atomic E-state index is -4.22. The summed E-state index contributed by atoms with van der Waals surface area (Å²) in [4.78, 5) is 33.6. The Bertz CT molecular complexity index is 2180. The minimum Gasteiger partial charge on any atom is -0.307 e. The van der Waals surface area contributed by atoms with E-state index < -0.39 is 26.7 Å². The van der Waals surface area contributed by atoms with E-state index in [1.807, 2.05) is 43.3 Å². The summed E-state index contributed by atoms with van der Waals surface area (Å²) >= 11 is 0. The molecule has 11 heteroatoms. The van der Waals surface area contributed by atoms with Crippen LogP contribution in [0.4, 0.5) is 11.5 Å². The van der Waals surface area contributed by atoms with Gasteiger partial charge >= 0.3 is 0 Å². The number of nitrogens with one attached hydrogen (secondary N) is 1. The lowest BCUT2D eigenvalue weighted by molar-refractivity contribution is -0.384. The first kappa shape index (κ1) is 28.4. The normalized spacial score (nSPS) is 12.5. The fourth-order valence-electron chi connectivity index (χ4n) is 5.06. The number of fused-ring (bicyclic) bond motifs is 2. The third-order valence-corrected chi connectivity index (χ3v) is 9.01. The molecule has 0 radical (unpaired) electrons. The number of amides is 1. The molecule has 10 nitrogen and oxygen atoms in total. The van der Waals surface area contributed by atoms with Gasteiger partial charge in [-0.2, -0.15) is 0 Å². The SMILES string of the molecule is C[C@H](c1ccccc1)n1c(NC(=O)/C=C\c2cccc([N+](=O)[O-])c2)c(S(=O)(=O)c2ccccc2)c2nc3ccccc3nc21. The quantitative estimate of drug-likeness (QED) is 0.118. The lowest BCUT2D eigenvalue weighted by atomic mass is 10.1. The maximum Gasteiger partial charge on any atom is 0.270 e. The Labute approximate surface area is 252 Å².